The zero-order chi connectivity index (χ0) is 20.4. The maximum atomic E-state index is 12.6. The van der Waals surface area contributed by atoms with Gasteiger partial charge in [0.1, 0.15) is 5.52 Å². The lowest BCUT2D eigenvalue weighted by atomic mass is 10.2. The van der Waals surface area contributed by atoms with Crippen molar-refractivity contribution in [2.24, 2.45) is 0 Å². The van der Waals surface area contributed by atoms with Gasteiger partial charge in [-0.1, -0.05) is 47.7 Å². The fourth-order valence-electron chi connectivity index (χ4n) is 3.32. The van der Waals surface area contributed by atoms with Crippen LogP contribution in [0.25, 0.3) is 10.9 Å². The summed E-state index contributed by atoms with van der Waals surface area (Å²) in [6.07, 6.45) is 0. The van der Waals surface area contributed by atoms with Crippen molar-refractivity contribution in [1.29, 1.82) is 0 Å². The van der Waals surface area contributed by atoms with Gasteiger partial charge in [-0.3, -0.25) is 4.79 Å². The highest BCUT2D eigenvalue weighted by Gasteiger charge is 2.18. The summed E-state index contributed by atoms with van der Waals surface area (Å²) < 4.78 is 8.46. The maximum Gasteiger partial charge on any atom is 0.341 e. The average molecular weight is 388 g/mol. The molecule has 0 fully saturated rings. The van der Waals surface area contributed by atoms with E-state index in [0.29, 0.717) is 23.0 Å². The molecule has 0 bridgehead atoms. The third-order valence-corrected chi connectivity index (χ3v) is 4.92. The van der Waals surface area contributed by atoms with Gasteiger partial charge in [-0.15, -0.1) is 5.10 Å². The SMILES string of the molecule is Cc1cc(C(=O)OCn2nnc3ccccc3c2=O)c(C)n1Cc1ccccc1. The molecule has 2 aromatic carbocycles. The zero-order valence-electron chi connectivity index (χ0n) is 16.2. The second kappa shape index (κ2) is 7.71. The zero-order valence-corrected chi connectivity index (χ0v) is 16.2. The van der Waals surface area contributed by atoms with Crippen LogP contribution in [-0.2, 0) is 18.0 Å². The summed E-state index contributed by atoms with van der Waals surface area (Å²) in [6, 6.07) is 18.7. The summed E-state index contributed by atoms with van der Waals surface area (Å²) in [5.41, 5.74) is 3.55. The fourth-order valence-corrected chi connectivity index (χ4v) is 3.32. The highest BCUT2D eigenvalue weighted by atomic mass is 16.5. The number of aromatic nitrogens is 4. The third kappa shape index (κ3) is 3.67. The van der Waals surface area contributed by atoms with E-state index in [-0.39, 0.29) is 12.3 Å². The molecule has 0 amide bonds. The van der Waals surface area contributed by atoms with Crippen LogP contribution in [0, 0.1) is 13.8 Å². The molecule has 0 aliphatic rings. The number of rotatable bonds is 5. The van der Waals surface area contributed by atoms with Crippen LogP contribution in [-0.4, -0.2) is 25.5 Å². The first-order valence-corrected chi connectivity index (χ1v) is 9.25. The normalized spacial score (nSPS) is 11.0. The Hall–Kier alpha value is -3.74. The Bertz CT molecular complexity index is 1240. The van der Waals surface area contributed by atoms with E-state index in [1.54, 1.807) is 30.3 Å². The third-order valence-electron chi connectivity index (χ3n) is 4.92. The number of hydrogen-bond acceptors (Lipinski definition) is 5. The number of ether oxygens (including phenoxy) is 1. The molecule has 0 aliphatic carbocycles. The average Bonchev–Trinajstić information content (AvgIpc) is 3.02. The lowest BCUT2D eigenvalue weighted by molar-refractivity contribution is 0.0335. The predicted octanol–water partition coefficient (Wildman–Crippen LogP) is 3.07. The van der Waals surface area contributed by atoms with Crippen LogP contribution in [0.3, 0.4) is 0 Å². The molecule has 0 spiro atoms. The van der Waals surface area contributed by atoms with E-state index in [9.17, 15) is 9.59 Å². The number of carbonyl (C=O) groups is 1. The van der Waals surface area contributed by atoms with E-state index in [4.69, 9.17) is 4.74 Å². The summed E-state index contributed by atoms with van der Waals surface area (Å²) in [5.74, 6) is -0.501. The fraction of sp³-hybridized carbons (Fsp3) is 0.182. The molecule has 4 rings (SSSR count). The molecule has 7 heteroatoms. The van der Waals surface area contributed by atoms with Crippen molar-refractivity contribution < 1.29 is 9.53 Å². The standard InChI is InChI=1S/C22H20N4O3/c1-15-12-19(16(2)25(15)13-17-8-4-3-5-9-17)22(28)29-14-26-21(27)18-10-6-7-11-20(18)23-24-26/h3-12H,13-14H2,1-2H3. The van der Waals surface area contributed by atoms with Crippen molar-refractivity contribution in [1.82, 2.24) is 19.6 Å². The first-order valence-electron chi connectivity index (χ1n) is 9.25. The van der Waals surface area contributed by atoms with Crippen molar-refractivity contribution in [3.63, 3.8) is 0 Å². The molecule has 0 unspecified atom stereocenters. The Morgan fingerprint density at radius 1 is 1.03 bits per heavy atom. The van der Waals surface area contributed by atoms with Gasteiger partial charge in [-0.05, 0) is 37.6 Å². The molecular weight excluding hydrogens is 368 g/mol. The summed E-state index contributed by atoms with van der Waals surface area (Å²) in [5, 5.41) is 8.27. The Kier molecular flexibility index (Phi) is 4.95. The number of nitrogens with zero attached hydrogens (tertiary/aromatic N) is 4. The van der Waals surface area contributed by atoms with Crippen LogP contribution in [0.15, 0.2) is 65.5 Å². The van der Waals surface area contributed by atoms with E-state index in [1.165, 1.54) is 0 Å². The minimum Gasteiger partial charge on any atom is -0.438 e. The largest absolute Gasteiger partial charge is 0.438 e. The molecule has 0 aliphatic heterocycles. The van der Waals surface area contributed by atoms with Crippen molar-refractivity contribution in [2.75, 3.05) is 0 Å². The highest BCUT2D eigenvalue weighted by molar-refractivity contribution is 5.91. The van der Waals surface area contributed by atoms with Gasteiger partial charge in [0.15, 0.2) is 6.73 Å². The number of esters is 1. The number of carbonyl (C=O) groups excluding carboxylic acids is 1. The second-order valence-corrected chi connectivity index (χ2v) is 6.83. The quantitative estimate of drug-likeness (QED) is 0.491. The molecule has 4 aromatic rings. The molecule has 29 heavy (non-hydrogen) atoms. The van der Waals surface area contributed by atoms with Gasteiger partial charge in [-0.2, -0.15) is 4.68 Å². The first kappa shape index (κ1) is 18.6. The van der Waals surface area contributed by atoms with E-state index in [0.717, 1.165) is 21.6 Å². The van der Waals surface area contributed by atoms with E-state index >= 15 is 0 Å². The van der Waals surface area contributed by atoms with Crippen molar-refractivity contribution >= 4 is 16.9 Å². The molecule has 2 aromatic heterocycles. The molecule has 0 radical (unpaired) electrons. The van der Waals surface area contributed by atoms with Crippen LogP contribution in [0.1, 0.15) is 27.3 Å². The summed E-state index contributed by atoms with van der Waals surface area (Å²) in [7, 11) is 0. The van der Waals surface area contributed by atoms with E-state index in [2.05, 4.69) is 14.9 Å². The molecule has 0 atom stereocenters. The first-order chi connectivity index (χ1) is 14.0. The lowest BCUT2D eigenvalue weighted by Gasteiger charge is -2.10. The van der Waals surface area contributed by atoms with Gasteiger partial charge in [0.25, 0.3) is 5.56 Å². The topological polar surface area (TPSA) is 79.0 Å². The van der Waals surface area contributed by atoms with Crippen LogP contribution >= 0.6 is 0 Å². The summed E-state index contributed by atoms with van der Waals surface area (Å²) >= 11 is 0. The highest BCUT2D eigenvalue weighted by Crippen LogP contribution is 2.18. The van der Waals surface area contributed by atoms with Crippen molar-refractivity contribution in [2.45, 2.75) is 27.1 Å². The molecule has 0 saturated heterocycles. The minimum atomic E-state index is -0.501. The molecule has 146 valence electrons. The molecular formula is C22H20N4O3. The summed E-state index contributed by atoms with van der Waals surface area (Å²) in [6.45, 7) is 4.21. The smallest absolute Gasteiger partial charge is 0.341 e. The minimum absolute atomic E-state index is 0.294. The number of fused-ring (bicyclic) bond motifs is 1. The van der Waals surface area contributed by atoms with Crippen LogP contribution in [0.4, 0.5) is 0 Å². The van der Waals surface area contributed by atoms with Crippen LogP contribution in [0.2, 0.25) is 0 Å². The van der Waals surface area contributed by atoms with Gasteiger partial charge in [0.05, 0.1) is 10.9 Å². The van der Waals surface area contributed by atoms with E-state index < -0.39 is 5.97 Å². The lowest BCUT2D eigenvalue weighted by Crippen LogP contribution is -2.26. The van der Waals surface area contributed by atoms with Gasteiger partial charge in [0.2, 0.25) is 0 Å². The van der Waals surface area contributed by atoms with Crippen LogP contribution < -0.4 is 5.56 Å². The Labute approximate surface area is 167 Å². The van der Waals surface area contributed by atoms with Crippen molar-refractivity contribution in [3.05, 3.63) is 93.5 Å². The van der Waals surface area contributed by atoms with Crippen LogP contribution in [0.5, 0.6) is 0 Å². The van der Waals surface area contributed by atoms with Gasteiger partial charge >= 0.3 is 5.97 Å². The van der Waals surface area contributed by atoms with Gasteiger partial charge in [-0.25, -0.2) is 4.79 Å². The second-order valence-electron chi connectivity index (χ2n) is 6.83. The maximum absolute atomic E-state index is 12.6. The Balaban J connectivity index is 1.53. The monoisotopic (exact) mass is 388 g/mol. The Morgan fingerprint density at radius 2 is 1.76 bits per heavy atom. The molecule has 0 saturated carbocycles. The Morgan fingerprint density at radius 3 is 2.55 bits per heavy atom. The van der Waals surface area contributed by atoms with Crippen molar-refractivity contribution in [3.8, 4) is 0 Å². The van der Waals surface area contributed by atoms with E-state index in [1.807, 2.05) is 44.2 Å². The predicted molar refractivity (Wildman–Crippen MR) is 109 cm³/mol. The number of benzene rings is 2. The molecule has 7 nitrogen and oxygen atoms in total. The van der Waals surface area contributed by atoms with Gasteiger partial charge in [0, 0.05) is 17.9 Å². The molecule has 2 heterocycles. The van der Waals surface area contributed by atoms with Gasteiger partial charge < -0.3 is 9.30 Å². The summed E-state index contributed by atoms with van der Waals surface area (Å²) in [4.78, 5) is 25.1. The number of aryl methyl sites for hydroxylation is 1. The number of hydrogen-bond donors (Lipinski definition) is 0. The molecule has 0 N–H and O–H groups in total.